The van der Waals surface area contributed by atoms with Crippen LogP contribution in [0.2, 0.25) is 0 Å². The molecule has 0 saturated carbocycles. The third-order valence-electron chi connectivity index (χ3n) is 2.70. The molecule has 0 atom stereocenters. The summed E-state index contributed by atoms with van der Waals surface area (Å²) >= 11 is 0. The Morgan fingerprint density at radius 1 is 1.05 bits per heavy atom. The highest BCUT2D eigenvalue weighted by Gasteiger charge is 2.02. The van der Waals surface area contributed by atoms with Gasteiger partial charge in [-0.2, -0.15) is 0 Å². The summed E-state index contributed by atoms with van der Waals surface area (Å²) in [7, 11) is 0. The first-order valence-electron chi connectivity index (χ1n) is 6.51. The van der Waals surface area contributed by atoms with Crippen molar-refractivity contribution in [1.29, 1.82) is 0 Å². The lowest BCUT2D eigenvalue weighted by molar-refractivity contribution is 0.110. The number of halogens is 1. The minimum Gasteiger partial charge on any atom is -0.488 e. The summed E-state index contributed by atoms with van der Waals surface area (Å²) in [6, 6.07) is 7.07. The molecule has 0 saturated heterocycles. The van der Waals surface area contributed by atoms with Crippen LogP contribution in [0.15, 0.2) is 36.7 Å². The van der Waals surface area contributed by atoms with Crippen molar-refractivity contribution in [3.8, 4) is 17.1 Å². The van der Waals surface area contributed by atoms with Gasteiger partial charge < -0.3 is 9.47 Å². The summed E-state index contributed by atoms with van der Waals surface area (Å²) in [5.41, 5.74) is 1.49. The van der Waals surface area contributed by atoms with Crippen LogP contribution in [-0.2, 0) is 11.4 Å². The Hall–Kier alpha value is -2.01. The van der Waals surface area contributed by atoms with E-state index in [1.165, 1.54) is 0 Å². The van der Waals surface area contributed by atoms with E-state index in [2.05, 4.69) is 9.97 Å². The fraction of sp³-hybridized carbons (Fsp3) is 0.333. The zero-order chi connectivity index (χ0) is 14.2. The van der Waals surface area contributed by atoms with Crippen LogP contribution in [0.3, 0.4) is 0 Å². The van der Waals surface area contributed by atoms with Crippen LogP contribution in [0.4, 0.5) is 4.39 Å². The molecular weight excluding hydrogens is 259 g/mol. The lowest BCUT2D eigenvalue weighted by Crippen LogP contribution is -2.06. The van der Waals surface area contributed by atoms with E-state index in [4.69, 9.17) is 9.47 Å². The van der Waals surface area contributed by atoms with E-state index in [0.717, 1.165) is 5.56 Å². The highest BCUT2D eigenvalue weighted by atomic mass is 19.1. The minimum absolute atomic E-state index is 0.465. The molecule has 0 unspecified atom stereocenters. The Kier molecular flexibility index (Phi) is 5.43. The van der Waals surface area contributed by atoms with E-state index in [1.54, 1.807) is 36.7 Å². The Morgan fingerprint density at radius 2 is 1.75 bits per heavy atom. The molecule has 0 spiro atoms. The molecular formula is C15H17FN2O2. The van der Waals surface area contributed by atoms with Gasteiger partial charge in [0.1, 0.15) is 13.3 Å². The molecule has 0 aliphatic carbocycles. The number of nitrogens with zero attached hydrogens (tertiary/aromatic N) is 2. The molecule has 1 heterocycles. The van der Waals surface area contributed by atoms with Crippen molar-refractivity contribution in [3.05, 3.63) is 42.2 Å². The molecule has 0 N–H and O–H groups in total. The fourth-order valence-corrected chi connectivity index (χ4v) is 1.65. The topological polar surface area (TPSA) is 44.2 Å². The fourth-order valence-electron chi connectivity index (χ4n) is 1.65. The average molecular weight is 276 g/mol. The molecule has 0 amide bonds. The van der Waals surface area contributed by atoms with Crippen LogP contribution >= 0.6 is 0 Å². The number of aromatic nitrogens is 2. The standard InChI is InChI=1S/C15H17FN2O2/c1-2-19-7-8-20-14-10-17-15(18-11-14)13-5-3-12(9-16)4-6-13/h3-6,10-11H,2,7-9H2,1H3. The zero-order valence-corrected chi connectivity index (χ0v) is 11.4. The molecule has 106 valence electrons. The SMILES string of the molecule is CCOCCOc1cnc(-c2ccc(CF)cc2)nc1. The minimum atomic E-state index is -0.465. The van der Waals surface area contributed by atoms with Gasteiger partial charge >= 0.3 is 0 Å². The molecule has 1 aromatic heterocycles. The summed E-state index contributed by atoms with van der Waals surface area (Å²) in [5.74, 6) is 1.20. The largest absolute Gasteiger partial charge is 0.488 e. The van der Waals surface area contributed by atoms with Gasteiger partial charge in [0.25, 0.3) is 0 Å². The summed E-state index contributed by atoms with van der Waals surface area (Å²) in [6.07, 6.45) is 3.24. The first kappa shape index (κ1) is 14.4. The quantitative estimate of drug-likeness (QED) is 0.729. The Morgan fingerprint density at radius 3 is 2.35 bits per heavy atom. The predicted molar refractivity (Wildman–Crippen MR) is 74.3 cm³/mol. The second-order valence-electron chi connectivity index (χ2n) is 4.12. The Bertz CT molecular complexity index is 514. The van der Waals surface area contributed by atoms with Gasteiger partial charge in [0.2, 0.25) is 0 Å². The van der Waals surface area contributed by atoms with E-state index in [1.807, 2.05) is 6.92 Å². The number of alkyl halides is 1. The predicted octanol–water partition coefficient (Wildman–Crippen LogP) is 3.03. The molecule has 2 rings (SSSR count). The second-order valence-corrected chi connectivity index (χ2v) is 4.12. The van der Waals surface area contributed by atoms with Gasteiger partial charge in [-0.25, -0.2) is 14.4 Å². The third-order valence-corrected chi connectivity index (χ3v) is 2.70. The van der Waals surface area contributed by atoms with Crippen LogP contribution < -0.4 is 4.74 Å². The van der Waals surface area contributed by atoms with E-state index in [-0.39, 0.29) is 0 Å². The third kappa shape index (κ3) is 3.99. The lowest BCUT2D eigenvalue weighted by Gasteiger charge is -2.06. The molecule has 0 aliphatic rings. The molecule has 5 heteroatoms. The maximum Gasteiger partial charge on any atom is 0.159 e. The van der Waals surface area contributed by atoms with Crippen LogP contribution in [0.25, 0.3) is 11.4 Å². The molecule has 1 aromatic carbocycles. The summed E-state index contributed by atoms with van der Waals surface area (Å²) in [4.78, 5) is 8.47. The molecule has 0 radical (unpaired) electrons. The summed E-state index contributed by atoms with van der Waals surface area (Å²) < 4.78 is 23.0. The lowest BCUT2D eigenvalue weighted by atomic mass is 10.1. The van der Waals surface area contributed by atoms with Crippen molar-refractivity contribution in [2.75, 3.05) is 19.8 Å². The Balaban J connectivity index is 1.96. The smallest absolute Gasteiger partial charge is 0.159 e. The van der Waals surface area contributed by atoms with E-state index in [0.29, 0.717) is 37.0 Å². The van der Waals surface area contributed by atoms with Crippen LogP contribution in [-0.4, -0.2) is 29.8 Å². The number of ether oxygens (including phenoxy) is 2. The molecule has 2 aromatic rings. The number of benzene rings is 1. The van der Waals surface area contributed by atoms with Gasteiger partial charge in [0.15, 0.2) is 11.6 Å². The average Bonchev–Trinajstić information content (AvgIpc) is 2.52. The van der Waals surface area contributed by atoms with Crippen molar-refractivity contribution in [3.63, 3.8) is 0 Å². The van der Waals surface area contributed by atoms with Crippen LogP contribution in [0.1, 0.15) is 12.5 Å². The first-order chi connectivity index (χ1) is 9.83. The van der Waals surface area contributed by atoms with Crippen molar-refractivity contribution in [2.45, 2.75) is 13.6 Å². The normalized spacial score (nSPS) is 10.5. The van der Waals surface area contributed by atoms with Gasteiger partial charge in [-0.05, 0) is 12.5 Å². The van der Waals surface area contributed by atoms with Gasteiger partial charge in [-0.15, -0.1) is 0 Å². The van der Waals surface area contributed by atoms with Gasteiger partial charge in [0, 0.05) is 12.2 Å². The van der Waals surface area contributed by atoms with Crippen LogP contribution in [0.5, 0.6) is 5.75 Å². The molecule has 0 bridgehead atoms. The summed E-state index contributed by atoms with van der Waals surface area (Å²) in [6.45, 7) is 3.16. The van der Waals surface area contributed by atoms with E-state index >= 15 is 0 Å². The molecule has 20 heavy (non-hydrogen) atoms. The second kappa shape index (κ2) is 7.55. The van der Waals surface area contributed by atoms with Crippen molar-refractivity contribution in [2.24, 2.45) is 0 Å². The molecule has 0 aliphatic heterocycles. The zero-order valence-electron chi connectivity index (χ0n) is 11.4. The number of hydrogen-bond acceptors (Lipinski definition) is 4. The van der Waals surface area contributed by atoms with Crippen molar-refractivity contribution >= 4 is 0 Å². The number of hydrogen-bond donors (Lipinski definition) is 0. The highest BCUT2D eigenvalue weighted by molar-refractivity contribution is 5.55. The first-order valence-corrected chi connectivity index (χ1v) is 6.51. The van der Waals surface area contributed by atoms with Gasteiger partial charge in [-0.3, -0.25) is 0 Å². The maximum atomic E-state index is 12.4. The van der Waals surface area contributed by atoms with E-state index in [9.17, 15) is 4.39 Å². The molecule has 4 nitrogen and oxygen atoms in total. The van der Waals surface area contributed by atoms with Crippen molar-refractivity contribution in [1.82, 2.24) is 9.97 Å². The highest BCUT2D eigenvalue weighted by Crippen LogP contribution is 2.17. The summed E-state index contributed by atoms with van der Waals surface area (Å²) in [5, 5.41) is 0. The monoisotopic (exact) mass is 276 g/mol. The van der Waals surface area contributed by atoms with E-state index < -0.39 is 6.67 Å². The van der Waals surface area contributed by atoms with Crippen molar-refractivity contribution < 1.29 is 13.9 Å². The number of rotatable bonds is 7. The molecule has 0 fully saturated rings. The van der Waals surface area contributed by atoms with Gasteiger partial charge in [0.05, 0.1) is 19.0 Å². The van der Waals surface area contributed by atoms with Gasteiger partial charge in [-0.1, -0.05) is 24.3 Å². The van der Waals surface area contributed by atoms with Crippen LogP contribution in [0, 0.1) is 0 Å². The Labute approximate surface area is 117 Å². The maximum absolute atomic E-state index is 12.4.